The maximum absolute atomic E-state index is 12.4. The van der Waals surface area contributed by atoms with Gasteiger partial charge in [0.2, 0.25) is 0 Å². The average molecular weight is 358 g/mol. The maximum Gasteiger partial charge on any atom is 0.252 e. The first-order valence-electron chi connectivity index (χ1n) is 8.54. The molecule has 0 radical (unpaired) electrons. The van der Waals surface area contributed by atoms with Crippen molar-refractivity contribution in [3.63, 3.8) is 0 Å². The normalized spacial score (nSPS) is 25.9. The standard InChI is InChI=1S/C18H22N4O2S/c1-13-16(25-12-21-13)7-22-6-15-8-24-11-18(15,10-22)9-20-17(23)14-3-2-4-19-5-14/h2-5,12,15H,6-11H2,1H3,(H,20,23)/t15-,18+/m1/s1. The number of likely N-dealkylation sites (tertiary alicyclic amines) is 1. The number of carbonyl (C=O) groups is 1. The van der Waals surface area contributed by atoms with Gasteiger partial charge in [0.15, 0.2) is 0 Å². The van der Waals surface area contributed by atoms with Crippen LogP contribution in [0.3, 0.4) is 0 Å². The third-order valence-corrected chi connectivity index (χ3v) is 6.25. The molecule has 2 aliphatic rings. The van der Waals surface area contributed by atoms with Crippen LogP contribution in [0.2, 0.25) is 0 Å². The average Bonchev–Trinajstić information content (AvgIpc) is 3.29. The molecular formula is C18H22N4O2S. The van der Waals surface area contributed by atoms with E-state index in [4.69, 9.17) is 4.74 Å². The Morgan fingerprint density at radius 1 is 1.56 bits per heavy atom. The molecule has 4 heterocycles. The molecule has 2 atom stereocenters. The van der Waals surface area contributed by atoms with Crippen LogP contribution in [0.15, 0.2) is 30.0 Å². The van der Waals surface area contributed by atoms with Gasteiger partial charge in [0.05, 0.1) is 30.0 Å². The van der Waals surface area contributed by atoms with E-state index < -0.39 is 0 Å². The minimum Gasteiger partial charge on any atom is -0.380 e. The zero-order valence-corrected chi connectivity index (χ0v) is 15.1. The number of amides is 1. The van der Waals surface area contributed by atoms with Crippen LogP contribution < -0.4 is 5.32 Å². The Hall–Kier alpha value is -1.83. The van der Waals surface area contributed by atoms with Crippen molar-refractivity contribution in [2.75, 3.05) is 32.8 Å². The molecule has 4 rings (SSSR count). The van der Waals surface area contributed by atoms with Crippen molar-refractivity contribution in [3.05, 3.63) is 46.2 Å². The predicted molar refractivity (Wildman–Crippen MR) is 95.4 cm³/mol. The first-order chi connectivity index (χ1) is 12.2. The number of hydrogen-bond acceptors (Lipinski definition) is 6. The Morgan fingerprint density at radius 3 is 3.24 bits per heavy atom. The number of fused-ring (bicyclic) bond motifs is 1. The molecule has 1 amide bonds. The van der Waals surface area contributed by atoms with E-state index in [1.165, 1.54) is 4.88 Å². The molecule has 2 aromatic heterocycles. The number of hydrogen-bond donors (Lipinski definition) is 1. The van der Waals surface area contributed by atoms with Gasteiger partial charge in [-0.2, -0.15) is 0 Å². The van der Waals surface area contributed by atoms with Gasteiger partial charge in [-0.05, 0) is 19.1 Å². The van der Waals surface area contributed by atoms with Crippen LogP contribution in [0, 0.1) is 18.3 Å². The molecule has 0 saturated carbocycles. The summed E-state index contributed by atoms with van der Waals surface area (Å²) in [5.41, 5.74) is 3.65. The first-order valence-corrected chi connectivity index (χ1v) is 9.41. The number of nitrogens with one attached hydrogen (secondary N) is 1. The SMILES string of the molecule is Cc1ncsc1CN1C[C@@H]2COC[C@]2(CNC(=O)c2cccnc2)C1. The third kappa shape index (κ3) is 3.31. The van der Waals surface area contributed by atoms with E-state index in [1.807, 2.05) is 5.51 Å². The van der Waals surface area contributed by atoms with E-state index in [0.29, 0.717) is 24.6 Å². The summed E-state index contributed by atoms with van der Waals surface area (Å²) in [5, 5.41) is 3.10. The fraction of sp³-hybridized carbons (Fsp3) is 0.500. The molecule has 2 saturated heterocycles. The van der Waals surface area contributed by atoms with Gasteiger partial charge in [-0.3, -0.25) is 14.7 Å². The second-order valence-electron chi connectivity index (χ2n) is 7.03. The molecule has 0 aliphatic carbocycles. The Labute approximate surface area is 151 Å². The number of aromatic nitrogens is 2. The first kappa shape index (κ1) is 16.6. The van der Waals surface area contributed by atoms with Gasteiger partial charge in [0.1, 0.15) is 0 Å². The van der Waals surface area contributed by atoms with Crippen molar-refractivity contribution < 1.29 is 9.53 Å². The predicted octanol–water partition coefficient (Wildman–Crippen LogP) is 1.72. The molecule has 6 nitrogen and oxygen atoms in total. The van der Waals surface area contributed by atoms with Crippen LogP contribution in [-0.4, -0.2) is 53.6 Å². The van der Waals surface area contributed by atoms with Gasteiger partial charge < -0.3 is 10.1 Å². The monoisotopic (exact) mass is 358 g/mol. The lowest BCUT2D eigenvalue weighted by Crippen LogP contribution is -2.43. The smallest absolute Gasteiger partial charge is 0.252 e. The highest BCUT2D eigenvalue weighted by Gasteiger charge is 2.50. The highest BCUT2D eigenvalue weighted by molar-refractivity contribution is 7.09. The summed E-state index contributed by atoms with van der Waals surface area (Å²) in [6.07, 6.45) is 3.27. The number of thiazole rings is 1. The summed E-state index contributed by atoms with van der Waals surface area (Å²) in [4.78, 5) is 24.5. The fourth-order valence-corrected chi connectivity index (χ4v) is 4.67. The highest BCUT2D eigenvalue weighted by atomic mass is 32.1. The summed E-state index contributed by atoms with van der Waals surface area (Å²) in [6, 6.07) is 3.57. The molecule has 25 heavy (non-hydrogen) atoms. The molecule has 0 bridgehead atoms. The largest absolute Gasteiger partial charge is 0.380 e. The van der Waals surface area contributed by atoms with Crippen molar-refractivity contribution in [3.8, 4) is 0 Å². The molecule has 132 valence electrons. The van der Waals surface area contributed by atoms with Crippen molar-refractivity contribution >= 4 is 17.2 Å². The molecule has 7 heteroatoms. The zero-order valence-electron chi connectivity index (χ0n) is 14.3. The lowest BCUT2D eigenvalue weighted by molar-refractivity contribution is 0.0904. The number of ether oxygens (including phenoxy) is 1. The molecule has 0 aromatic carbocycles. The van der Waals surface area contributed by atoms with E-state index in [1.54, 1.807) is 35.9 Å². The van der Waals surface area contributed by atoms with Gasteiger partial charge in [0.25, 0.3) is 5.91 Å². The Kier molecular flexibility index (Phi) is 4.54. The topological polar surface area (TPSA) is 67.3 Å². The zero-order chi connectivity index (χ0) is 17.3. The lowest BCUT2D eigenvalue weighted by Gasteiger charge is -2.27. The van der Waals surface area contributed by atoms with E-state index in [2.05, 4.69) is 27.1 Å². The van der Waals surface area contributed by atoms with Crippen LogP contribution in [0.25, 0.3) is 0 Å². The lowest BCUT2D eigenvalue weighted by atomic mass is 9.81. The minimum atomic E-state index is -0.0649. The number of nitrogens with zero attached hydrogens (tertiary/aromatic N) is 3. The van der Waals surface area contributed by atoms with Crippen molar-refractivity contribution in [1.29, 1.82) is 0 Å². The molecule has 0 unspecified atom stereocenters. The Bertz CT molecular complexity index is 751. The van der Waals surface area contributed by atoms with E-state index in [9.17, 15) is 4.79 Å². The van der Waals surface area contributed by atoms with Crippen molar-refractivity contribution in [2.45, 2.75) is 13.5 Å². The van der Waals surface area contributed by atoms with Gasteiger partial charge in [-0.25, -0.2) is 4.98 Å². The Balaban J connectivity index is 1.41. The summed E-state index contributed by atoms with van der Waals surface area (Å²) >= 11 is 1.72. The summed E-state index contributed by atoms with van der Waals surface area (Å²) < 4.78 is 5.76. The number of pyridine rings is 1. The number of rotatable bonds is 5. The summed E-state index contributed by atoms with van der Waals surface area (Å²) in [6.45, 7) is 7.09. The van der Waals surface area contributed by atoms with E-state index >= 15 is 0 Å². The van der Waals surface area contributed by atoms with E-state index in [0.717, 1.165) is 31.9 Å². The summed E-state index contributed by atoms with van der Waals surface area (Å²) in [7, 11) is 0. The van der Waals surface area contributed by atoms with Crippen LogP contribution >= 0.6 is 11.3 Å². The second-order valence-corrected chi connectivity index (χ2v) is 7.97. The van der Waals surface area contributed by atoms with Gasteiger partial charge in [-0.15, -0.1) is 11.3 Å². The van der Waals surface area contributed by atoms with Gasteiger partial charge in [-0.1, -0.05) is 0 Å². The van der Waals surface area contributed by atoms with Gasteiger partial charge in [0, 0.05) is 54.8 Å². The Morgan fingerprint density at radius 2 is 2.48 bits per heavy atom. The fourth-order valence-electron chi connectivity index (χ4n) is 3.85. The van der Waals surface area contributed by atoms with Crippen LogP contribution in [0.1, 0.15) is 20.9 Å². The maximum atomic E-state index is 12.4. The third-order valence-electron chi connectivity index (χ3n) is 5.33. The summed E-state index contributed by atoms with van der Waals surface area (Å²) in [5.74, 6) is 0.403. The van der Waals surface area contributed by atoms with Crippen molar-refractivity contribution in [1.82, 2.24) is 20.2 Å². The number of aryl methyl sites for hydroxylation is 1. The van der Waals surface area contributed by atoms with Crippen LogP contribution in [-0.2, 0) is 11.3 Å². The quantitative estimate of drug-likeness (QED) is 0.882. The molecule has 2 fully saturated rings. The van der Waals surface area contributed by atoms with Crippen LogP contribution in [0.4, 0.5) is 0 Å². The second kappa shape index (κ2) is 6.82. The molecule has 2 aromatic rings. The van der Waals surface area contributed by atoms with Crippen molar-refractivity contribution in [2.24, 2.45) is 11.3 Å². The highest BCUT2D eigenvalue weighted by Crippen LogP contribution is 2.41. The molecule has 2 aliphatic heterocycles. The van der Waals surface area contributed by atoms with E-state index in [-0.39, 0.29) is 11.3 Å². The molecular weight excluding hydrogens is 336 g/mol. The minimum absolute atomic E-state index is 0.0104. The molecule has 1 N–H and O–H groups in total. The molecule has 0 spiro atoms. The number of carbonyl (C=O) groups excluding carboxylic acids is 1. The van der Waals surface area contributed by atoms with Gasteiger partial charge >= 0.3 is 0 Å². The van der Waals surface area contributed by atoms with Crippen LogP contribution in [0.5, 0.6) is 0 Å².